The normalized spacial score (nSPS) is 12.9. The molecule has 0 aliphatic carbocycles. The first kappa shape index (κ1) is 12.9. The van der Waals surface area contributed by atoms with E-state index in [0.717, 1.165) is 23.4 Å². The van der Waals surface area contributed by atoms with Gasteiger partial charge in [-0.3, -0.25) is 0 Å². The van der Waals surface area contributed by atoms with Gasteiger partial charge in [0.25, 0.3) is 0 Å². The van der Waals surface area contributed by atoms with Crippen LogP contribution >= 0.6 is 27.3 Å². The summed E-state index contributed by atoms with van der Waals surface area (Å²) in [7, 11) is 0. The summed E-state index contributed by atoms with van der Waals surface area (Å²) < 4.78 is 6.46. The lowest BCUT2D eigenvalue weighted by Gasteiger charge is -2.15. The van der Waals surface area contributed by atoms with Gasteiger partial charge in [-0.1, -0.05) is 6.92 Å². The third-order valence-electron chi connectivity index (χ3n) is 2.64. The SMILES string of the molecule is CCCNC(c1ccc(Br)o1)c1sccc1C. The molecule has 2 aromatic heterocycles. The molecule has 0 fully saturated rings. The highest BCUT2D eigenvalue weighted by Crippen LogP contribution is 2.31. The minimum Gasteiger partial charge on any atom is -0.452 e. The topological polar surface area (TPSA) is 25.2 Å². The number of aryl methyl sites for hydroxylation is 1. The van der Waals surface area contributed by atoms with E-state index in [4.69, 9.17) is 4.42 Å². The van der Waals surface area contributed by atoms with Crippen LogP contribution in [0.15, 0.2) is 32.7 Å². The molecule has 0 aliphatic heterocycles. The van der Waals surface area contributed by atoms with Crippen molar-refractivity contribution in [2.45, 2.75) is 26.3 Å². The molecule has 0 amide bonds. The highest BCUT2D eigenvalue weighted by molar-refractivity contribution is 9.10. The van der Waals surface area contributed by atoms with Gasteiger partial charge in [0.1, 0.15) is 11.8 Å². The van der Waals surface area contributed by atoms with Crippen molar-refractivity contribution in [1.29, 1.82) is 0 Å². The predicted octanol–water partition coefficient (Wildman–Crippen LogP) is 4.50. The van der Waals surface area contributed by atoms with E-state index in [2.05, 4.69) is 46.5 Å². The molecule has 0 aromatic carbocycles. The summed E-state index contributed by atoms with van der Waals surface area (Å²) in [6.07, 6.45) is 1.11. The first-order chi connectivity index (χ1) is 8.22. The average Bonchev–Trinajstić information content (AvgIpc) is 2.90. The van der Waals surface area contributed by atoms with E-state index in [0.29, 0.717) is 0 Å². The van der Waals surface area contributed by atoms with Crippen molar-refractivity contribution in [3.63, 3.8) is 0 Å². The van der Waals surface area contributed by atoms with Crippen molar-refractivity contribution in [1.82, 2.24) is 5.32 Å². The third kappa shape index (κ3) is 3.00. The zero-order valence-electron chi connectivity index (χ0n) is 10.00. The Kier molecular flexibility index (Phi) is 4.42. The summed E-state index contributed by atoms with van der Waals surface area (Å²) in [4.78, 5) is 1.33. The number of thiophene rings is 1. The molecule has 1 unspecified atom stereocenters. The van der Waals surface area contributed by atoms with E-state index in [-0.39, 0.29) is 6.04 Å². The van der Waals surface area contributed by atoms with Gasteiger partial charge in [0.15, 0.2) is 4.67 Å². The predicted molar refractivity (Wildman–Crippen MR) is 75.6 cm³/mol. The lowest BCUT2D eigenvalue weighted by molar-refractivity contribution is 0.435. The maximum absolute atomic E-state index is 5.68. The fraction of sp³-hybridized carbons (Fsp3) is 0.385. The van der Waals surface area contributed by atoms with E-state index in [1.807, 2.05) is 12.1 Å². The number of hydrogen-bond donors (Lipinski definition) is 1. The van der Waals surface area contributed by atoms with E-state index in [1.165, 1.54) is 10.4 Å². The first-order valence-electron chi connectivity index (χ1n) is 5.75. The van der Waals surface area contributed by atoms with E-state index in [1.54, 1.807) is 11.3 Å². The Balaban J connectivity index is 2.28. The second-order valence-corrected chi connectivity index (χ2v) is 5.73. The Bertz CT molecular complexity index is 477. The highest BCUT2D eigenvalue weighted by atomic mass is 79.9. The molecule has 0 saturated heterocycles. The summed E-state index contributed by atoms with van der Waals surface area (Å²) in [6, 6.07) is 6.29. The van der Waals surface area contributed by atoms with E-state index in [9.17, 15) is 0 Å². The molecule has 0 bridgehead atoms. The van der Waals surface area contributed by atoms with Gasteiger partial charge in [0.2, 0.25) is 0 Å². The Labute approximate surface area is 114 Å². The molecule has 2 heterocycles. The molecule has 0 aliphatic rings. The fourth-order valence-corrected chi connectivity index (χ4v) is 3.10. The molecule has 17 heavy (non-hydrogen) atoms. The van der Waals surface area contributed by atoms with Crippen LogP contribution in [0, 0.1) is 6.92 Å². The van der Waals surface area contributed by atoms with Crippen LogP contribution in [0.4, 0.5) is 0 Å². The molecular formula is C13H16BrNOS. The van der Waals surface area contributed by atoms with Crippen LogP contribution < -0.4 is 5.32 Å². The Morgan fingerprint density at radius 3 is 2.76 bits per heavy atom. The van der Waals surface area contributed by atoms with Crippen molar-refractivity contribution >= 4 is 27.3 Å². The van der Waals surface area contributed by atoms with Crippen molar-refractivity contribution in [2.75, 3.05) is 6.54 Å². The molecule has 92 valence electrons. The highest BCUT2D eigenvalue weighted by Gasteiger charge is 2.19. The zero-order chi connectivity index (χ0) is 12.3. The lowest BCUT2D eigenvalue weighted by atomic mass is 10.1. The number of nitrogens with one attached hydrogen (secondary N) is 1. The van der Waals surface area contributed by atoms with Crippen LogP contribution in [0.3, 0.4) is 0 Å². The molecule has 0 saturated carbocycles. The van der Waals surface area contributed by atoms with Gasteiger partial charge in [-0.25, -0.2) is 0 Å². The largest absolute Gasteiger partial charge is 0.452 e. The van der Waals surface area contributed by atoms with Crippen molar-refractivity contribution in [2.24, 2.45) is 0 Å². The van der Waals surface area contributed by atoms with Crippen LogP contribution in [-0.2, 0) is 0 Å². The third-order valence-corrected chi connectivity index (χ3v) is 4.15. The number of furan rings is 1. The van der Waals surface area contributed by atoms with E-state index < -0.39 is 0 Å². The van der Waals surface area contributed by atoms with Crippen LogP contribution in [-0.4, -0.2) is 6.54 Å². The Morgan fingerprint density at radius 1 is 1.41 bits per heavy atom. The summed E-state index contributed by atoms with van der Waals surface area (Å²) >= 11 is 5.13. The molecule has 1 N–H and O–H groups in total. The fourth-order valence-electron chi connectivity index (χ4n) is 1.77. The molecule has 2 rings (SSSR count). The number of rotatable bonds is 5. The maximum Gasteiger partial charge on any atom is 0.169 e. The number of hydrogen-bond acceptors (Lipinski definition) is 3. The second kappa shape index (κ2) is 5.85. The summed E-state index contributed by atoms with van der Waals surface area (Å²) in [5.74, 6) is 0.968. The molecule has 2 aromatic rings. The quantitative estimate of drug-likeness (QED) is 0.879. The standard InChI is InChI=1S/C13H16BrNOS/c1-3-7-15-12(10-4-5-11(14)16-10)13-9(2)6-8-17-13/h4-6,8,12,15H,3,7H2,1-2H3. The second-order valence-electron chi connectivity index (χ2n) is 4.00. The molecule has 4 heteroatoms. The summed E-state index contributed by atoms with van der Waals surface area (Å²) in [6.45, 7) is 5.30. The van der Waals surface area contributed by atoms with Gasteiger partial charge >= 0.3 is 0 Å². The van der Waals surface area contributed by atoms with Crippen LogP contribution in [0.2, 0.25) is 0 Å². The first-order valence-corrected chi connectivity index (χ1v) is 7.42. The van der Waals surface area contributed by atoms with E-state index >= 15 is 0 Å². The molecule has 2 nitrogen and oxygen atoms in total. The van der Waals surface area contributed by atoms with Crippen molar-refractivity contribution in [3.8, 4) is 0 Å². The van der Waals surface area contributed by atoms with Gasteiger partial charge in [0.05, 0.1) is 0 Å². The van der Waals surface area contributed by atoms with Gasteiger partial charge in [0, 0.05) is 4.88 Å². The maximum atomic E-state index is 5.68. The van der Waals surface area contributed by atoms with Gasteiger partial charge < -0.3 is 9.73 Å². The Morgan fingerprint density at radius 2 is 2.24 bits per heavy atom. The van der Waals surface area contributed by atoms with Gasteiger partial charge in [-0.15, -0.1) is 11.3 Å². The van der Waals surface area contributed by atoms with Crippen molar-refractivity contribution < 1.29 is 4.42 Å². The minimum atomic E-state index is 0.168. The van der Waals surface area contributed by atoms with Gasteiger partial charge in [-0.05, 0) is 65.0 Å². The van der Waals surface area contributed by atoms with Crippen LogP contribution in [0.5, 0.6) is 0 Å². The molecule has 0 radical (unpaired) electrons. The molecule has 1 atom stereocenters. The molecule has 0 spiro atoms. The number of halogens is 1. The van der Waals surface area contributed by atoms with Crippen molar-refractivity contribution in [3.05, 3.63) is 44.4 Å². The molecular weight excluding hydrogens is 298 g/mol. The van der Waals surface area contributed by atoms with Crippen LogP contribution in [0.1, 0.15) is 35.6 Å². The zero-order valence-corrected chi connectivity index (χ0v) is 12.4. The average molecular weight is 314 g/mol. The smallest absolute Gasteiger partial charge is 0.169 e. The summed E-state index contributed by atoms with van der Waals surface area (Å²) in [5, 5.41) is 5.67. The summed E-state index contributed by atoms with van der Waals surface area (Å²) in [5.41, 5.74) is 1.32. The Hall–Kier alpha value is -0.580. The lowest BCUT2D eigenvalue weighted by Crippen LogP contribution is -2.22. The van der Waals surface area contributed by atoms with Gasteiger partial charge in [-0.2, -0.15) is 0 Å². The minimum absolute atomic E-state index is 0.168. The monoisotopic (exact) mass is 313 g/mol. The van der Waals surface area contributed by atoms with Crippen LogP contribution in [0.25, 0.3) is 0 Å².